The van der Waals surface area contributed by atoms with Crippen molar-refractivity contribution in [2.45, 2.75) is 0 Å². The molecule has 0 N–H and O–H groups in total. The normalized spacial score (nSPS) is 6.00. The Morgan fingerprint density at radius 1 is 1.00 bits per heavy atom. The van der Waals surface area contributed by atoms with Crippen molar-refractivity contribution in [3.05, 3.63) is 0 Å². The Balaban J connectivity index is -0.0000000800. The molecule has 0 aliphatic rings. The second kappa shape index (κ2) is 15.8. The van der Waals surface area contributed by atoms with E-state index >= 15 is 0 Å². The molecule has 0 aromatic heterocycles. The summed E-state index contributed by atoms with van der Waals surface area (Å²) in [7, 11) is 0. The number of hydrogen-bond acceptors (Lipinski definition) is 5. The summed E-state index contributed by atoms with van der Waals surface area (Å²) in [4.78, 5) is 0. The molecule has 0 unspecified atom stereocenters. The van der Waals surface area contributed by atoms with Gasteiger partial charge in [-0.3, -0.25) is 3.63 Å². The first kappa shape index (κ1) is 16.3. The Labute approximate surface area is 95.0 Å². The van der Waals surface area contributed by atoms with Gasteiger partial charge in [0.2, 0.25) is 0 Å². The van der Waals surface area contributed by atoms with Gasteiger partial charge in [-0.05, 0) is 0 Å². The molecule has 0 rings (SSSR count). The summed E-state index contributed by atoms with van der Waals surface area (Å²) in [6.45, 7) is 0. The van der Waals surface area contributed by atoms with Crippen LogP contribution in [0.5, 0.6) is 0 Å². The van der Waals surface area contributed by atoms with Crippen molar-refractivity contribution in [1.82, 2.24) is 0 Å². The maximum atomic E-state index is 9.00. The summed E-state index contributed by atoms with van der Waals surface area (Å²) in [5, 5.41) is 0. The summed E-state index contributed by atoms with van der Waals surface area (Å²) in [5.41, 5.74) is 0. The third-order valence-corrected chi connectivity index (χ3v) is 0.500. The fraction of sp³-hybridized carbons (Fsp3) is 0. The van der Waals surface area contributed by atoms with Crippen LogP contribution in [-0.2, 0) is 3.63 Å². The zero-order chi connectivity index (χ0) is 4.12. The van der Waals surface area contributed by atoms with Crippen LogP contribution in [0.3, 0.4) is 0 Å². The molecule has 0 radical (unpaired) electrons. The second-order valence-corrected chi connectivity index (χ2v) is 1.02. The minimum Gasteiger partial charge on any atom is -0.775 e. The smallest absolute Gasteiger partial charge is 0.775 e. The van der Waals surface area contributed by atoms with Gasteiger partial charge in [-0.2, -0.15) is 0 Å². The Hall–Kier alpha value is 2.58. The zero-order valence-electron chi connectivity index (χ0n) is 4.04. The topological polar surface area (TPSA) is 55.3 Å². The van der Waals surface area contributed by atoms with Gasteiger partial charge in [0.25, 0.3) is 0 Å². The average Bonchev–Trinajstić information content (AvgIpc) is 1.41. The maximum absolute atomic E-state index is 9.00. The van der Waals surface area contributed by atoms with Gasteiger partial charge in [0, 0.05) is 0 Å². The monoisotopic (exact) mass is 158 g/mol. The standard InChI is InChI=1S/2Na.H2O3S2/c;;1-4-3-5-2/h;;1-2H/q2*+1;/p-2. The van der Waals surface area contributed by atoms with Crippen LogP contribution in [0.25, 0.3) is 0 Å². The summed E-state index contributed by atoms with van der Waals surface area (Å²) < 4.78 is 21.6. The quantitative estimate of drug-likeness (QED) is 0.296. The molecule has 32 valence electrons. The fourth-order valence-corrected chi connectivity index (χ4v) is 0.102. The minimum atomic E-state index is -0.198. The Morgan fingerprint density at radius 2 is 1.29 bits per heavy atom. The number of hydrogen-bond donors (Lipinski definition) is 0. The summed E-state index contributed by atoms with van der Waals surface area (Å²) >= 11 is -0.396. The summed E-state index contributed by atoms with van der Waals surface area (Å²) in [6.07, 6.45) is 0. The van der Waals surface area contributed by atoms with E-state index in [1.165, 1.54) is 0 Å². The molecule has 0 aliphatic heterocycles. The Kier molecular flexibility index (Phi) is 36.8. The molecule has 0 spiro atoms. The molecule has 0 saturated heterocycles. The predicted molar refractivity (Wildman–Crippen MR) is 17.8 cm³/mol. The van der Waals surface area contributed by atoms with E-state index < -0.39 is 0 Å². The summed E-state index contributed by atoms with van der Waals surface area (Å²) in [5.74, 6) is 0. The van der Waals surface area contributed by atoms with Gasteiger partial charge in [-0.1, -0.05) is 24.6 Å². The number of rotatable bonds is 2. The van der Waals surface area contributed by atoms with Crippen molar-refractivity contribution in [1.29, 1.82) is 0 Å². The molecule has 0 atom stereocenters. The SMILES string of the molecule is [Na+].[Na+].[O-]SOS[O-]. The second-order valence-electron chi connectivity index (χ2n) is 0.204. The van der Waals surface area contributed by atoms with Gasteiger partial charge in [0.15, 0.2) is 0 Å². The van der Waals surface area contributed by atoms with Crippen molar-refractivity contribution < 1.29 is 71.8 Å². The van der Waals surface area contributed by atoms with Crippen LogP contribution in [-0.4, -0.2) is 9.11 Å². The van der Waals surface area contributed by atoms with Crippen LogP contribution in [0.4, 0.5) is 0 Å². The third kappa shape index (κ3) is 17.7. The van der Waals surface area contributed by atoms with Crippen LogP contribution in [0.15, 0.2) is 0 Å². The Morgan fingerprint density at radius 3 is 1.29 bits per heavy atom. The molecular weight excluding hydrogens is 158 g/mol. The van der Waals surface area contributed by atoms with Crippen molar-refractivity contribution >= 4 is 24.6 Å². The Bertz CT molecular complexity index is 18.4. The van der Waals surface area contributed by atoms with Crippen molar-refractivity contribution in [3.8, 4) is 0 Å². The zero-order valence-corrected chi connectivity index (χ0v) is 9.67. The van der Waals surface area contributed by atoms with Gasteiger partial charge in [-0.25, -0.2) is 0 Å². The van der Waals surface area contributed by atoms with Crippen molar-refractivity contribution in [2.24, 2.45) is 0 Å². The maximum Gasteiger partial charge on any atom is 1.00 e. The van der Waals surface area contributed by atoms with Gasteiger partial charge < -0.3 is 9.11 Å². The van der Waals surface area contributed by atoms with Crippen LogP contribution < -0.4 is 59.1 Å². The molecule has 7 heavy (non-hydrogen) atoms. The van der Waals surface area contributed by atoms with E-state index in [4.69, 9.17) is 9.11 Å². The van der Waals surface area contributed by atoms with Gasteiger partial charge in [0.1, 0.15) is 0 Å². The third-order valence-electron chi connectivity index (χ3n) is 0.0556. The van der Waals surface area contributed by atoms with Crippen molar-refractivity contribution in [2.75, 3.05) is 0 Å². The predicted octanol–water partition coefficient (Wildman–Crippen LogP) is -5.43. The molecule has 0 saturated carbocycles. The first-order chi connectivity index (χ1) is 2.41. The minimum absolute atomic E-state index is 0. The van der Waals surface area contributed by atoms with Crippen LogP contribution in [0.2, 0.25) is 0 Å². The molecule has 3 nitrogen and oxygen atoms in total. The van der Waals surface area contributed by atoms with E-state index in [1.807, 2.05) is 0 Å². The molecule has 0 aromatic carbocycles. The van der Waals surface area contributed by atoms with E-state index in [2.05, 4.69) is 3.63 Å². The van der Waals surface area contributed by atoms with E-state index in [1.54, 1.807) is 0 Å². The molecule has 0 aromatic rings. The van der Waals surface area contributed by atoms with Crippen molar-refractivity contribution in [3.63, 3.8) is 0 Å². The van der Waals surface area contributed by atoms with Gasteiger partial charge in [-0.15, -0.1) is 0 Å². The largest absolute Gasteiger partial charge is 1.00 e. The fourth-order valence-electron chi connectivity index (χ4n) is 0.0113. The molecule has 7 heteroatoms. The van der Waals surface area contributed by atoms with E-state index in [0.717, 1.165) is 0 Å². The van der Waals surface area contributed by atoms with E-state index in [0.29, 0.717) is 0 Å². The van der Waals surface area contributed by atoms with Crippen LogP contribution in [0.1, 0.15) is 0 Å². The van der Waals surface area contributed by atoms with E-state index in [9.17, 15) is 0 Å². The molecule has 0 bridgehead atoms. The average molecular weight is 158 g/mol. The molecular formula is Na2O3S2. The van der Waals surface area contributed by atoms with Gasteiger partial charge >= 0.3 is 59.1 Å². The first-order valence-corrected chi connectivity index (χ1v) is 2.00. The molecule has 0 amide bonds. The summed E-state index contributed by atoms with van der Waals surface area (Å²) in [6, 6.07) is 0. The van der Waals surface area contributed by atoms with Crippen LogP contribution >= 0.6 is 24.6 Å². The molecule has 0 heterocycles. The first-order valence-electron chi connectivity index (χ1n) is 0.667. The van der Waals surface area contributed by atoms with E-state index in [-0.39, 0.29) is 83.8 Å². The van der Waals surface area contributed by atoms with Crippen LogP contribution in [0, 0.1) is 0 Å². The van der Waals surface area contributed by atoms with Gasteiger partial charge in [0.05, 0.1) is 0 Å². The molecule has 0 fully saturated rings. The molecule has 0 aliphatic carbocycles.